The number of nitrogens with zero attached hydrogens (tertiary/aromatic N) is 4. The minimum Gasteiger partial charge on any atom is -0.310 e. The fourth-order valence-electron chi connectivity index (χ4n) is 7.09. The normalized spacial score (nSPS) is 11.0. The van der Waals surface area contributed by atoms with Crippen molar-refractivity contribution >= 4 is 27.8 Å². The van der Waals surface area contributed by atoms with E-state index in [0.717, 1.165) is 66.8 Å². The molecule has 0 atom stereocenters. The van der Waals surface area contributed by atoms with Gasteiger partial charge in [-0.1, -0.05) is 170 Å². The van der Waals surface area contributed by atoms with Gasteiger partial charge < -0.3 is 4.90 Å². The third kappa shape index (κ3) is 6.24. The monoisotopic (exact) mass is 678 g/mol. The van der Waals surface area contributed by atoms with Gasteiger partial charge >= 0.3 is 0 Å². The van der Waals surface area contributed by atoms with Crippen LogP contribution in [0.1, 0.15) is 0 Å². The van der Waals surface area contributed by atoms with Crippen LogP contribution in [0.3, 0.4) is 0 Å². The molecule has 4 nitrogen and oxygen atoms in total. The molecule has 0 radical (unpaired) electrons. The van der Waals surface area contributed by atoms with Crippen molar-refractivity contribution in [1.82, 2.24) is 15.0 Å². The second-order valence-corrected chi connectivity index (χ2v) is 12.8. The van der Waals surface area contributed by atoms with E-state index in [1.807, 2.05) is 12.1 Å². The Kier molecular flexibility index (Phi) is 8.53. The lowest BCUT2D eigenvalue weighted by molar-refractivity contribution is 1.08. The average molecular weight is 679 g/mol. The molecule has 0 saturated carbocycles. The molecule has 250 valence electrons. The standard InChI is InChI=1S/C49H34N4/c1-5-19-35(20-6-1)39-27-13-17-31-43(39)47-50-48(44-32-18-14-28-40(44)36-21-7-2-8-22-36)52-49(51-47)45-33-34-46(42-30-16-15-29-41(42)45)53(37-23-9-3-10-24-37)38-25-11-4-12-26-38/h1-34H. The lowest BCUT2D eigenvalue weighted by atomic mass is 9.97. The molecule has 0 spiro atoms. The molecule has 8 aromatic carbocycles. The van der Waals surface area contributed by atoms with Crippen molar-refractivity contribution in [2.45, 2.75) is 0 Å². The van der Waals surface area contributed by atoms with Crippen molar-refractivity contribution in [2.75, 3.05) is 4.90 Å². The van der Waals surface area contributed by atoms with Gasteiger partial charge in [0.05, 0.1) is 5.69 Å². The fraction of sp³-hybridized carbons (Fsp3) is 0. The summed E-state index contributed by atoms with van der Waals surface area (Å²) in [4.78, 5) is 18.1. The highest BCUT2D eigenvalue weighted by Gasteiger charge is 2.21. The second-order valence-electron chi connectivity index (χ2n) is 12.8. The zero-order chi connectivity index (χ0) is 35.4. The van der Waals surface area contributed by atoms with E-state index in [-0.39, 0.29) is 0 Å². The summed E-state index contributed by atoms with van der Waals surface area (Å²) in [6, 6.07) is 71.5. The first-order valence-corrected chi connectivity index (χ1v) is 17.8. The number of benzene rings is 8. The molecular weight excluding hydrogens is 645 g/mol. The molecule has 9 rings (SSSR count). The van der Waals surface area contributed by atoms with Gasteiger partial charge in [0.1, 0.15) is 0 Å². The third-order valence-electron chi connectivity index (χ3n) is 9.55. The fourth-order valence-corrected chi connectivity index (χ4v) is 7.09. The maximum Gasteiger partial charge on any atom is 0.164 e. The Labute approximate surface area is 309 Å². The van der Waals surface area contributed by atoms with Crippen LogP contribution in [0.25, 0.3) is 67.2 Å². The average Bonchev–Trinajstić information content (AvgIpc) is 3.25. The molecule has 53 heavy (non-hydrogen) atoms. The van der Waals surface area contributed by atoms with Gasteiger partial charge in [-0.3, -0.25) is 0 Å². The molecule has 0 aliphatic heterocycles. The predicted molar refractivity (Wildman–Crippen MR) is 219 cm³/mol. The Morgan fingerprint density at radius 1 is 0.264 bits per heavy atom. The molecule has 0 aliphatic carbocycles. The highest BCUT2D eigenvalue weighted by atomic mass is 15.1. The zero-order valence-electron chi connectivity index (χ0n) is 28.9. The molecule has 0 aliphatic rings. The molecule has 0 fully saturated rings. The quantitative estimate of drug-likeness (QED) is 0.160. The van der Waals surface area contributed by atoms with Crippen molar-refractivity contribution in [3.8, 4) is 56.4 Å². The first-order chi connectivity index (χ1) is 26.3. The Bertz CT molecular complexity index is 2520. The topological polar surface area (TPSA) is 41.9 Å². The van der Waals surface area contributed by atoms with E-state index in [4.69, 9.17) is 15.0 Å². The molecule has 1 aromatic heterocycles. The van der Waals surface area contributed by atoms with Crippen LogP contribution in [0.5, 0.6) is 0 Å². The lowest BCUT2D eigenvalue weighted by Crippen LogP contribution is -2.10. The number of hydrogen-bond donors (Lipinski definition) is 0. The number of anilines is 3. The van der Waals surface area contributed by atoms with Crippen molar-refractivity contribution in [3.05, 3.63) is 206 Å². The smallest absolute Gasteiger partial charge is 0.164 e. The molecule has 0 N–H and O–H groups in total. The number of aromatic nitrogens is 3. The lowest BCUT2D eigenvalue weighted by Gasteiger charge is -2.27. The Morgan fingerprint density at radius 2 is 0.623 bits per heavy atom. The summed E-state index contributed by atoms with van der Waals surface area (Å²) in [5.74, 6) is 1.86. The van der Waals surface area contributed by atoms with E-state index in [2.05, 4.69) is 199 Å². The Balaban J connectivity index is 1.29. The van der Waals surface area contributed by atoms with Crippen LogP contribution in [0.4, 0.5) is 17.1 Å². The van der Waals surface area contributed by atoms with Crippen LogP contribution in [-0.2, 0) is 0 Å². The first kappa shape index (κ1) is 31.8. The molecule has 0 bridgehead atoms. The molecule has 0 unspecified atom stereocenters. The maximum absolute atomic E-state index is 5.29. The Morgan fingerprint density at radius 3 is 1.09 bits per heavy atom. The van der Waals surface area contributed by atoms with Crippen molar-refractivity contribution < 1.29 is 0 Å². The number of rotatable bonds is 8. The summed E-state index contributed by atoms with van der Waals surface area (Å²) in [5, 5.41) is 2.15. The Hall–Kier alpha value is -7.17. The number of hydrogen-bond acceptors (Lipinski definition) is 4. The van der Waals surface area contributed by atoms with Gasteiger partial charge in [-0.15, -0.1) is 0 Å². The van der Waals surface area contributed by atoms with Gasteiger partial charge in [0.25, 0.3) is 0 Å². The first-order valence-electron chi connectivity index (χ1n) is 17.8. The predicted octanol–water partition coefficient (Wildman–Crippen LogP) is 12.8. The summed E-state index contributed by atoms with van der Waals surface area (Å²) in [6.07, 6.45) is 0. The molecule has 4 heteroatoms. The van der Waals surface area contributed by atoms with E-state index < -0.39 is 0 Å². The van der Waals surface area contributed by atoms with Gasteiger partial charge in [-0.2, -0.15) is 0 Å². The van der Waals surface area contributed by atoms with Gasteiger partial charge in [0.15, 0.2) is 17.5 Å². The molecule has 9 aromatic rings. The zero-order valence-corrected chi connectivity index (χ0v) is 28.9. The summed E-state index contributed by atoms with van der Waals surface area (Å²) >= 11 is 0. The van der Waals surface area contributed by atoms with Crippen LogP contribution in [-0.4, -0.2) is 15.0 Å². The van der Waals surface area contributed by atoms with E-state index in [1.54, 1.807) is 0 Å². The minimum atomic E-state index is 0.615. The van der Waals surface area contributed by atoms with Crippen LogP contribution in [0.2, 0.25) is 0 Å². The van der Waals surface area contributed by atoms with Crippen molar-refractivity contribution in [3.63, 3.8) is 0 Å². The maximum atomic E-state index is 5.29. The van der Waals surface area contributed by atoms with E-state index in [0.29, 0.717) is 17.5 Å². The molecule has 1 heterocycles. The van der Waals surface area contributed by atoms with E-state index >= 15 is 0 Å². The molecule has 0 saturated heterocycles. The molecule has 0 amide bonds. The van der Waals surface area contributed by atoms with Gasteiger partial charge in [-0.25, -0.2) is 15.0 Å². The SMILES string of the molecule is c1ccc(-c2ccccc2-c2nc(-c3ccccc3-c3ccccc3)nc(-c3ccc(N(c4ccccc4)c4ccccc4)c4ccccc34)n2)cc1. The van der Waals surface area contributed by atoms with Crippen molar-refractivity contribution in [2.24, 2.45) is 0 Å². The second kappa shape index (κ2) is 14.2. The summed E-state index contributed by atoms with van der Waals surface area (Å²) in [6.45, 7) is 0. The summed E-state index contributed by atoms with van der Waals surface area (Å²) < 4.78 is 0. The van der Waals surface area contributed by atoms with Crippen LogP contribution in [0, 0.1) is 0 Å². The molecular formula is C49H34N4. The third-order valence-corrected chi connectivity index (χ3v) is 9.55. The number of para-hydroxylation sites is 2. The van der Waals surface area contributed by atoms with Gasteiger partial charge in [0, 0.05) is 33.5 Å². The largest absolute Gasteiger partial charge is 0.310 e. The van der Waals surface area contributed by atoms with E-state index in [1.165, 1.54) is 0 Å². The minimum absolute atomic E-state index is 0.615. The highest BCUT2D eigenvalue weighted by Crippen LogP contribution is 2.42. The summed E-state index contributed by atoms with van der Waals surface area (Å²) in [7, 11) is 0. The van der Waals surface area contributed by atoms with Gasteiger partial charge in [0.2, 0.25) is 0 Å². The highest BCUT2D eigenvalue weighted by molar-refractivity contribution is 6.05. The summed E-state index contributed by atoms with van der Waals surface area (Å²) in [5.41, 5.74) is 10.4. The van der Waals surface area contributed by atoms with Crippen LogP contribution >= 0.6 is 0 Å². The number of fused-ring (bicyclic) bond motifs is 1. The van der Waals surface area contributed by atoms with Crippen LogP contribution in [0.15, 0.2) is 206 Å². The van der Waals surface area contributed by atoms with Gasteiger partial charge in [-0.05, 0) is 64.0 Å². The van der Waals surface area contributed by atoms with Crippen LogP contribution < -0.4 is 4.90 Å². The van der Waals surface area contributed by atoms with E-state index in [9.17, 15) is 0 Å². The van der Waals surface area contributed by atoms with Crippen molar-refractivity contribution in [1.29, 1.82) is 0 Å².